The van der Waals surface area contributed by atoms with E-state index < -0.39 is 5.91 Å². The normalized spacial score (nSPS) is 15.1. The van der Waals surface area contributed by atoms with E-state index in [9.17, 15) is 9.59 Å². The number of hydrogen-bond acceptors (Lipinski definition) is 3. The molecule has 29 heavy (non-hydrogen) atoms. The van der Waals surface area contributed by atoms with Gasteiger partial charge in [0.2, 0.25) is 0 Å². The molecule has 3 aromatic rings. The van der Waals surface area contributed by atoms with E-state index in [0.29, 0.717) is 27.5 Å². The topological polar surface area (TPSA) is 61.8 Å². The zero-order chi connectivity index (χ0) is 20.2. The number of nitrogens with one attached hydrogen (secondary N) is 1. The molecular weight excluding hydrogens is 386 g/mol. The number of carbonyl (C=O) groups is 2. The van der Waals surface area contributed by atoms with Crippen molar-refractivity contribution in [1.29, 1.82) is 0 Å². The lowest BCUT2D eigenvalue weighted by Gasteiger charge is -2.28. The number of halogens is 1. The molecule has 0 radical (unpaired) electrons. The molecule has 4 rings (SSSR count). The number of hydrogen-bond donors (Lipinski definition) is 1. The molecule has 0 aliphatic carbocycles. The third kappa shape index (κ3) is 3.95. The van der Waals surface area contributed by atoms with Gasteiger partial charge in [-0.1, -0.05) is 78.3 Å². The molecule has 5 nitrogen and oxygen atoms in total. The summed E-state index contributed by atoms with van der Waals surface area (Å²) in [5.74, 6) is -0.537. The molecule has 142 valence electrons. The molecule has 0 spiro atoms. The van der Waals surface area contributed by atoms with E-state index in [-0.39, 0.29) is 11.6 Å². The van der Waals surface area contributed by atoms with Crippen LogP contribution in [0.1, 0.15) is 21.5 Å². The summed E-state index contributed by atoms with van der Waals surface area (Å²) in [4.78, 5) is 30.3. The predicted octanol–water partition coefficient (Wildman–Crippen LogP) is 4.31. The summed E-state index contributed by atoms with van der Waals surface area (Å²) >= 11 is 6.21. The van der Waals surface area contributed by atoms with Crippen LogP contribution in [-0.2, 0) is 4.79 Å². The van der Waals surface area contributed by atoms with Crippen molar-refractivity contribution in [1.82, 2.24) is 10.4 Å². The number of amidine groups is 1. The quantitative estimate of drug-likeness (QED) is 0.664. The number of amides is 2. The van der Waals surface area contributed by atoms with Crippen molar-refractivity contribution in [3.8, 4) is 0 Å². The van der Waals surface area contributed by atoms with Crippen LogP contribution in [0.15, 0.2) is 95.6 Å². The Kier molecular flexibility index (Phi) is 5.22. The summed E-state index contributed by atoms with van der Waals surface area (Å²) < 4.78 is 0. The Morgan fingerprint density at radius 3 is 2.21 bits per heavy atom. The Balaban J connectivity index is 1.81. The molecule has 0 aromatic heterocycles. The first-order valence-electron chi connectivity index (χ1n) is 8.94. The van der Waals surface area contributed by atoms with Crippen LogP contribution in [-0.4, -0.2) is 22.7 Å². The summed E-state index contributed by atoms with van der Waals surface area (Å²) in [7, 11) is 0. The maximum Gasteiger partial charge on any atom is 0.288 e. The lowest BCUT2D eigenvalue weighted by Crippen LogP contribution is -2.53. The lowest BCUT2D eigenvalue weighted by molar-refractivity contribution is -0.120. The minimum absolute atomic E-state index is 0.161. The second-order valence-corrected chi connectivity index (χ2v) is 6.71. The van der Waals surface area contributed by atoms with Gasteiger partial charge in [0.05, 0.1) is 0 Å². The van der Waals surface area contributed by atoms with Crippen molar-refractivity contribution >= 4 is 35.3 Å². The zero-order valence-electron chi connectivity index (χ0n) is 15.2. The molecule has 1 heterocycles. The van der Waals surface area contributed by atoms with Gasteiger partial charge in [0, 0.05) is 16.1 Å². The monoisotopic (exact) mass is 401 g/mol. The third-order valence-electron chi connectivity index (χ3n) is 4.34. The molecule has 1 aliphatic rings. The minimum Gasteiger partial charge on any atom is -0.267 e. The minimum atomic E-state index is -0.492. The smallest absolute Gasteiger partial charge is 0.267 e. The fourth-order valence-electron chi connectivity index (χ4n) is 2.90. The average molecular weight is 402 g/mol. The molecule has 6 heteroatoms. The second-order valence-electron chi connectivity index (χ2n) is 6.30. The van der Waals surface area contributed by atoms with E-state index in [1.165, 1.54) is 5.01 Å². The van der Waals surface area contributed by atoms with Crippen molar-refractivity contribution < 1.29 is 9.59 Å². The van der Waals surface area contributed by atoms with Gasteiger partial charge in [0.15, 0.2) is 5.84 Å². The molecule has 3 aromatic carbocycles. The number of benzene rings is 3. The first kappa shape index (κ1) is 18.7. The number of nitrogens with zero attached hydrogens (tertiary/aromatic N) is 2. The maximum absolute atomic E-state index is 13.0. The first-order chi connectivity index (χ1) is 14.1. The van der Waals surface area contributed by atoms with E-state index >= 15 is 0 Å². The van der Waals surface area contributed by atoms with Gasteiger partial charge in [-0.25, -0.2) is 4.99 Å². The summed E-state index contributed by atoms with van der Waals surface area (Å²) in [6, 6.07) is 25.1. The zero-order valence-corrected chi connectivity index (χ0v) is 16.0. The molecule has 0 unspecified atom stereocenters. The number of aliphatic imine (C=N–C) groups is 1. The van der Waals surface area contributed by atoms with E-state index in [1.54, 1.807) is 42.5 Å². The first-order valence-corrected chi connectivity index (χ1v) is 9.32. The fourth-order valence-corrected chi connectivity index (χ4v) is 3.09. The predicted molar refractivity (Wildman–Crippen MR) is 113 cm³/mol. The molecule has 0 saturated heterocycles. The van der Waals surface area contributed by atoms with Gasteiger partial charge in [-0.2, -0.15) is 5.01 Å². The van der Waals surface area contributed by atoms with E-state index in [0.717, 1.165) is 0 Å². The summed E-state index contributed by atoms with van der Waals surface area (Å²) in [6.07, 6.45) is 1.60. The van der Waals surface area contributed by atoms with Gasteiger partial charge in [-0.3, -0.25) is 15.0 Å². The number of rotatable bonds is 3. The SMILES string of the molecule is O=C1NN(C(=O)c2ccccc2)C(c2ccccc2)=N/C1=C/c1ccccc1Cl. The highest BCUT2D eigenvalue weighted by Crippen LogP contribution is 2.22. The highest BCUT2D eigenvalue weighted by atomic mass is 35.5. The molecule has 0 atom stereocenters. The van der Waals surface area contributed by atoms with Crippen molar-refractivity contribution in [2.75, 3.05) is 0 Å². The number of hydrazine groups is 1. The van der Waals surface area contributed by atoms with Crippen LogP contribution >= 0.6 is 11.6 Å². The summed E-state index contributed by atoms with van der Waals surface area (Å²) in [5.41, 5.74) is 4.62. The lowest BCUT2D eigenvalue weighted by atomic mass is 10.1. The van der Waals surface area contributed by atoms with Crippen LogP contribution in [0.2, 0.25) is 5.02 Å². The summed E-state index contributed by atoms with van der Waals surface area (Å²) in [6.45, 7) is 0. The average Bonchev–Trinajstić information content (AvgIpc) is 2.77. The standard InChI is InChI=1S/C23H16ClN3O2/c24-19-14-8-7-13-18(19)15-20-22(28)26-27(23(29)17-11-5-2-6-12-17)21(25-20)16-9-3-1-4-10-16/h1-15H,(H,26,28)/b20-15+. The second kappa shape index (κ2) is 8.12. The molecule has 0 bridgehead atoms. The Bertz CT molecular complexity index is 1130. The molecule has 2 amide bonds. The maximum atomic E-state index is 13.0. The van der Waals surface area contributed by atoms with Crippen molar-refractivity contribution in [2.24, 2.45) is 4.99 Å². The van der Waals surface area contributed by atoms with Gasteiger partial charge in [0.1, 0.15) is 5.70 Å². The molecule has 1 aliphatic heterocycles. The van der Waals surface area contributed by atoms with Crippen molar-refractivity contribution in [3.63, 3.8) is 0 Å². The Morgan fingerprint density at radius 2 is 1.52 bits per heavy atom. The Labute approximate surface area is 172 Å². The van der Waals surface area contributed by atoms with Crippen LogP contribution < -0.4 is 5.43 Å². The van der Waals surface area contributed by atoms with Crippen LogP contribution in [0, 0.1) is 0 Å². The van der Waals surface area contributed by atoms with E-state index in [1.807, 2.05) is 48.5 Å². The van der Waals surface area contributed by atoms with Gasteiger partial charge in [0.25, 0.3) is 11.8 Å². The van der Waals surface area contributed by atoms with Crippen LogP contribution in [0.5, 0.6) is 0 Å². The highest BCUT2D eigenvalue weighted by Gasteiger charge is 2.30. The summed E-state index contributed by atoms with van der Waals surface area (Å²) in [5, 5.41) is 1.68. The molecular formula is C23H16ClN3O2. The van der Waals surface area contributed by atoms with Crippen molar-refractivity contribution in [2.45, 2.75) is 0 Å². The van der Waals surface area contributed by atoms with E-state index in [2.05, 4.69) is 10.4 Å². The largest absolute Gasteiger partial charge is 0.288 e. The third-order valence-corrected chi connectivity index (χ3v) is 4.68. The van der Waals surface area contributed by atoms with Crippen molar-refractivity contribution in [3.05, 3.63) is 112 Å². The Hall–Kier alpha value is -3.70. The van der Waals surface area contributed by atoms with Gasteiger partial charge < -0.3 is 0 Å². The van der Waals surface area contributed by atoms with Gasteiger partial charge in [-0.15, -0.1) is 0 Å². The Morgan fingerprint density at radius 1 is 0.897 bits per heavy atom. The van der Waals surface area contributed by atoms with Gasteiger partial charge >= 0.3 is 0 Å². The van der Waals surface area contributed by atoms with Gasteiger partial charge in [-0.05, 0) is 29.8 Å². The van der Waals surface area contributed by atoms with Crippen LogP contribution in [0.4, 0.5) is 0 Å². The van der Waals surface area contributed by atoms with E-state index in [4.69, 9.17) is 11.6 Å². The fraction of sp³-hybridized carbons (Fsp3) is 0. The van der Waals surface area contributed by atoms with Crippen LogP contribution in [0.25, 0.3) is 6.08 Å². The molecule has 0 saturated carbocycles. The number of carbonyl (C=O) groups excluding carboxylic acids is 2. The highest BCUT2D eigenvalue weighted by molar-refractivity contribution is 6.32. The van der Waals surface area contributed by atoms with Crippen LogP contribution in [0.3, 0.4) is 0 Å². The molecule has 0 fully saturated rings. The molecule has 1 N–H and O–H groups in total.